The quantitative estimate of drug-likeness (QED) is 0.720. The molecule has 0 fully saturated rings. The van der Waals surface area contributed by atoms with Gasteiger partial charge in [0.05, 0.1) is 26.4 Å². The highest BCUT2D eigenvalue weighted by Crippen LogP contribution is 2.31. The van der Waals surface area contributed by atoms with E-state index in [1.54, 1.807) is 31.2 Å². The largest absolute Gasteiger partial charge is 0.489 e. The highest BCUT2D eigenvalue weighted by molar-refractivity contribution is 5.98. The molecule has 0 atom stereocenters. The van der Waals surface area contributed by atoms with Gasteiger partial charge in [0.1, 0.15) is 12.4 Å². The molecule has 0 saturated carbocycles. The monoisotopic (exact) mass is 334 g/mol. The number of ether oxygens (including phenoxy) is 4. The minimum Gasteiger partial charge on any atom is -0.489 e. The van der Waals surface area contributed by atoms with Gasteiger partial charge < -0.3 is 23.4 Å². The summed E-state index contributed by atoms with van der Waals surface area (Å²) in [5, 5.41) is 0. The van der Waals surface area contributed by atoms with Crippen LogP contribution in [0.3, 0.4) is 0 Å². The number of hydrogen-bond acceptors (Lipinski definition) is 7. The molecule has 0 saturated heterocycles. The summed E-state index contributed by atoms with van der Waals surface area (Å²) in [6.07, 6.45) is 0. The van der Waals surface area contributed by atoms with Crippen molar-refractivity contribution in [2.24, 2.45) is 0 Å². The molecule has 0 aliphatic heterocycles. The number of carbonyl (C=O) groups excluding carboxylic acids is 2. The summed E-state index contributed by atoms with van der Waals surface area (Å²) < 4.78 is 25.7. The van der Waals surface area contributed by atoms with Gasteiger partial charge in [-0.3, -0.25) is 0 Å². The molecule has 0 unspecified atom stereocenters. The lowest BCUT2D eigenvalue weighted by Crippen LogP contribution is -2.12. The predicted octanol–water partition coefficient (Wildman–Crippen LogP) is 2.83. The average molecular weight is 334 g/mol. The van der Waals surface area contributed by atoms with E-state index in [9.17, 15) is 9.59 Å². The SMILES string of the molecule is CCOC(=O)c1oc(OC)c(C(=O)OC)c1COc1ccccc1. The van der Waals surface area contributed by atoms with E-state index in [4.69, 9.17) is 23.4 Å². The van der Waals surface area contributed by atoms with Gasteiger partial charge in [-0.15, -0.1) is 0 Å². The third-order valence-electron chi connectivity index (χ3n) is 3.14. The lowest BCUT2D eigenvalue weighted by atomic mass is 10.1. The second-order valence-electron chi connectivity index (χ2n) is 4.59. The number of esters is 2. The first-order valence-corrected chi connectivity index (χ1v) is 7.25. The third kappa shape index (κ3) is 3.68. The number of carbonyl (C=O) groups is 2. The molecule has 24 heavy (non-hydrogen) atoms. The first-order chi connectivity index (χ1) is 11.6. The molecule has 7 nitrogen and oxygen atoms in total. The maximum Gasteiger partial charge on any atom is 0.374 e. The molecular weight excluding hydrogens is 316 g/mol. The topological polar surface area (TPSA) is 84.2 Å². The first-order valence-electron chi connectivity index (χ1n) is 7.25. The molecule has 1 heterocycles. The van der Waals surface area contributed by atoms with E-state index in [2.05, 4.69) is 0 Å². The van der Waals surface area contributed by atoms with E-state index in [1.807, 2.05) is 6.07 Å². The van der Waals surface area contributed by atoms with Gasteiger partial charge in [-0.05, 0) is 19.1 Å². The van der Waals surface area contributed by atoms with Crippen LogP contribution in [0.25, 0.3) is 0 Å². The Morgan fingerprint density at radius 2 is 1.79 bits per heavy atom. The zero-order chi connectivity index (χ0) is 17.5. The fraction of sp³-hybridized carbons (Fsp3) is 0.294. The number of methoxy groups -OCH3 is 2. The van der Waals surface area contributed by atoms with Gasteiger partial charge in [0.15, 0.2) is 5.56 Å². The highest BCUT2D eigenvalue weighted by Gasteiger charge is 2.32. The van der Waals surface area contributed by atoms with Crippen LogP contribution in [-0.4, -0.2) is 32.8 Å². The molecule has 0 bridgehead atoms. The molecule has 1 aromatic carbocycles. The average Bonchev–Trinajstić information content (AvgIpc) is 2.99. The molecule has 0 aliphatic rings. The fourth-order valence-electron chi connectivity index (χ4n) is 2.07. The van der Waals surface area contributed by atoms with Crippen LogP contribution >= 0.6 is 0 Å². The Morgan fingerprint density at radius 1 is 1.08 bits per heavy atom. The number of furan rings is 1. The minimum absolute atomic E-state index is 0.000941. The van der Waals surface area contributed by atoms with Crippen LogP contribution in [0.1, 0.15) is 33.4 Å². The van der Waals surface area contributed by atoms with E-state index in [0.717, 1.165) is 0 Å². The molecule has 2 aromatic rings. The normalized spacial score (nSPS) is 10.1. The number of hydrogen-bond donors (Lipinski definition) is 0. The second kappa shape index (κ2) is 8.05. The fourth-order valence-corrected chi connectivity index (χ4v) is 2.07. The van der Waals surface area contributed by atoms with Crippen molar-refractivity contribution >= 4 is 11.9 Å². The van der Waals surface area contributed by atoms with Crippen molar-refractivity contribution in [3.63, 3.8) is 0 Å². The van der Waals surface area contributed by atoms with E-state index in [1.165, 1.54) is 14.2 Å². The van der Waals surface area contributed by atoms with Crippen molar-refractivity contribution in [2.75, 3.05) is 20.8 Å². The summed E-state index contributed by atoms with van der Waals surface area (Å²) in [6, 6.07) is 8.95. The lowest BCUT2D eigenvalue weighted by Gasteiger charge is -2.07. The Bertz CT molecular complexity index is 703. The highest BCUT2D eigenvalue weighted by atomic mass is 16.6. The van der Waals surface area contributed by atoms with Crippen LogP contribution in [0.2, 0.25) is 0 Å². The van der Waals surface area contributed by atoms with Crippen molar-refractivity contribution in [3.05, 3.63) is 47.2 Å². The van der Waals surface area contributed by atoms with E-state index in [-0.39, 0.29) is 36.0 Å². The van der Waals surface area contributed by atoms with E-state index in [0.29, 0.717) is 5.75 Å². The third-order valence-corrected chi connectivity index (χ3v) is 3.14. The van der Waals surface area contributed by atoms with Crippen molar-refractivity contribution in [1.82, 2.24) is 0 Å². The maximum absolute atomic E-state index is 12.1. The standard InChI is InChI=1S/C17H18O7/c1-4-22-16(19)14-12(10-23-11-8-6-5-7-9-11)13(15(18)20-2)17(21-3)24-14/h5-9H,4,10H2,1-3H3. The second-order valence-corrected chi connectivity index (χ2v) is 4.59. The van der Waals surface area contributed by atoms with Crippen molar-refractivity contribution in [3.8, 4) is 11.7 Å². The first kappa shape index (κ1) is 17.4. The Kier molecular flexibility index (Phi) is 5.83. The molecule has 1 aromatic heterocycles. The maximum atomic E-state index is 12.1. The number of benzene rings is 1. The Balaban J connectivity index is 2.41. The van der Waals surface area contributed by atoms with Gasteiger partial charge in [0.25, 0.3) is 5.95 Å². The molecule has 0 N–H and O–H groups in total. The Hall–Kier alpha value is -2.96. The van der Waals surface area contributed by atoms with Crippen molar-refractivity contribution in [1.29, 1.82) is 0 Å². The van der Waals surface area contributed by atoms with Gasteiger partial charge in [-0.1, -0.05) is 18.2 Å². The van der Waals surface area contributed by atoms with Crippen LogP contribution in [0.4, 0.5) is 0 Å². The Labute approximate surface area is 139 Å². The van der Waals surface area contributed by atoms with E-state index >= 15 is 0 Å². The molecule has 128 valence electrons. The predicted molar refractivity (Wildman–Crippen MR) is 83.3 cm³/mol. The zero-order valence-electron chi connectivity index (χ0n) is 13.7. The van der Waals surface area contributed by atoms with Crippen molar-refractivity contribution < 1.29 is 33.0 Å². The minimum atomic E-state index is -0.711. The van der Waals surface area contributed by atoms with Crippen LogP contribution in [0.5, 0.6) is 11.7 Å². The molecule has 0 spiro atoms. The van der Waals surface area contributed by atoms with E-state index < -0.39 is 11.9 Å². The smallest absolute Gasteiger partial charge is 0.374 e. The summed E-state index contributed by atoms with van der Waals surface area (Å²) >= 11 is 0. The molecule has 0 amide bonds. The van der Waals surface area contributed by atoms with Gasteiger partial charge in [-0.2, -0.15) is 0 Å². The van der Waals surface area contributed by atoms with Gasteiger partial charge in [0, 0.05) is 0 Å². The van der Waals surface area contributed by atoms with Crippen LogP contribution < -0.4 is 9.47 Å². The summed E-state index contributed by atoms with van der Waals surface area (Å²) in [5.74, 6) is -1.11. The summed E-state index contributed by atoms with van der Waals surface area (Å²) in [6.45, 7) is 1.74. The molecular formula is C17H18O7. The Morgan fingerprint density at radius 3 is 2.38 bits per heavy atom. The molecule has 2 rings (SSSR count). The van der Waals surface area contributed by atoms with Crippen molar-refractivity contribution in [2.45, 2.75) is 13.5 Å². The lowest BCUT2D eigenvalue weighted by molar-refractivity contribution is 0.0479. The van der Waals surface area contributed by atoms with Crippen LogP contribution in [0, 0.1) is 0 Å². The zero-order valence-corrected chi connectivity index (χ0v) is 13.7. The van der Waals surface area contributed by atoms with Gasteiger partial charge >= 0.3 is 11.9 Å². The summed E-state index contributed by atoms with van der Waals surface area (Å²) in [7, 11) is 2.54. The van der Waals surface area contributed by atoms with Gasteiger partial charge in [-0.25, -0.2) is 9.59 Å². The number of para-hydroxylation sites is 1. The van der Waals surface area contributed by atoms with Gasteiger partial charge in [0.2, 0.25) is 5.76 Å². The summed E-state index contributed by atoms with van der Waals surface area (Å²) in [5.41, 5.74) is 0.208. The number of rotatable bonds is 7. The summed E-state index contributed by atoms with van der Waals surface area (Å²) in [4.78, 5) is 24.1. The van der Waals surface area contributed by atoms with Crippen LogP contribution in [0.15, 0.2) is 34.7 Å². The van der Waals surface area contributed by atoms with Crippen LogP contribution in [-0.2, 0) is 16.1 Å². The molecule has 0 aliphatic carbocycles. The molecule has 0 radical (unpaired) electrons. The molecule has 7 heteroatoms.